The van der Waals surface area contributed by atoms with Crippen LogP contribution in [0.3, 0.4) is 0 Å². The Morgan fingerprint density at radius 3 is 2.88 bits per heavy atom. The van der Waals surface area contributed by atoms with Crippen LogP contribution in [0.25, 0.3) is 0 Å². The van der Waals surface area contributed by atoms with Crippen molar-refractivity contribution in [1.29, 1.82) is 0 Å². The number of hydrogen-bond donors (Lipinski definition) is 1. The zero-order valence-corrected chi connectivity index (χ0v) is 9.33. The Kier molecular flexibility index (Phi) is 3.04. The van der Waals surface area contributed by atoms with Gasteiger partial charge in [0.2, 0.25) is 0 Å². The van der Waals surface area contributed by atoms with Gasteiger partial charge in [-0.25, -0.2) is 0 Å². The highest BCUT2D eigenvalue weighted by atomic mass is 16.6. The van der Waals surface area contributed by atoms with E-state index in [1.165, 1.54) is 6.07 Å². The van der Waals surface area contributed by atoms with Crippen LogP contribution in [-0.2, 0) is 13.6 Å². The van der Waals surface area contributed by atoms with Gasteiger partial charge in [0, 0.05) is 31.4 Å². The molecule has 6 heteroatoms. The van der Waals surface area contributed by atoms with Crippen molar-refractivity contribution in [2.45, 2.75) is 6.54 Å². The zero-order chi connectivity index (χ0) is 12.3. The molecule has 0 fully saturated rings. The van der Waals surface area contributed by atoms with Crippen molar-refractivity contribution < 1.29 is 4.92 Å². The molecule has 0 aliphatic carbocycles. The van der Waals surface area contributed by atoms with Crippen LogP contribution in [0, 0.1) is 10.1 Å². The molecule has 1 aromatic carbocycles. The first kappa shape index (κ1) is 11.1. The molecule has 0 saturated carbocycles. The smallest absolute Gasteiger partial charge is 0.274 e. The minimum Gasteiger partial charge on any atom is -0.378 e. The maximum Gasteiger partial charge on any atom is 0.274 e. The summed E-state index contributed by atoms with van der Waals surface area (Å²) in [5.74, 6) is 0. The van der Waals surface area contributed by atoms with E-state index in [-0.39, 0.29) is 10.6 Å². The van der Waals surface area contributed by atoms with E-state index in [9.17, 15) is 10.1 Å². The maximum atomic E-state index is 10.8. The van der Waals surface area contributed by atoms with Gasteiger partial charge >= 0.3 is 0 Å². The van der Waals surface area contributed by atoms with E-state index in [0.29, 0.717) is 12.1 Å². The quantitative estimate of drug-likeness (QED) is 0.645. The summed E-state index contributed by atoms with van der Waals surface area (Å²) in [5, 5.41) is 17.9. The van der Waals surface area contributed by atoms with Crippen LogP contribution < -0.4 is 5.32 Å². The Morgan fingerprint density at radius 1 is 1.47 bits per heavy atom. The molecule has 0 bridgehead atoms. The molecule has 2 aromatic rings. The first-order chi connectivity index (χ1) is 8.16. The highest BCUT2D eigenvalue weighted by Gasteiger charge is 2.11. The van der Waals surface area contributed by atoms with Gasteiger partial charge in [-0.15, -0.1) is 0 Å². The molecule has 6 nitrogen and oxygen atoms in total. The minimum absolute atomic E-state index is 0.129. The highest BCUT2D eigenvalue weighted by molar-refractivity contribution is 5.44. The summed E-state index contributed by atoms with van der Waals surface area (Å²) in [6.45, 7) is 0.406. The van der Waals surface area contributed by atoms with Gasteiger partial charge in [0.1, 0.15) is 0 Å². The number of aryl methyl sites for hydroxylation is 1. The lowest BCUT2D eigenvalue weighted by Crippen LogP contribution is -2.02. The molecule has 88 valence electrons. The lowest BCUT2D eigenvalue weighted by molar-refractivity contribution is -0.385. The zero-order valence-electron chi connectivity index (χ0n) is 9.33. The number of para-hydroxylation sites is 1. The van der Waals surface area contributed by atoms with Gasteiger partial charge in [-0.2, -0.15) is 5.10 Å². The standard InChI is InChI=1S/C11H12N4O2/c1-14-8-10(7-13-14)12-6-9-4-2-3-5-11(9)15(16)17/h2-5,7-8,12H,6H2,1H3. The van der Waals surface area contributed by atoms with Crippen molar-refractivity contribution in [3.63, 3.8) is 0 Å². The number of aromatic nitrogens is 2. The number of rotatable bonds is 4. The van der Waals surface area contributed by atoms with E-state index >= 15 is 0 Å². The molecule has 0 aliphatic rings. The van der Waals surface area contributed by atoms with Crippen molar-refractivity contribution >= 4 is 11.4 Å². The molecule has 0 radical (unpaired) electrons. The third-order valence-corrected chi connectivity index (χ3v) is 2.38. The van der Waals surface area contributed by atoms with E-state index < -0.39 is 0 Å². The third-order valence-electron chi connectivity index (χ3n) is 2.38. The molecule has 0 unspecified atom stereocenters. The topological polar surface area (TPSA) is 73.0 Å². The Balaban J connectivity index is 2.11. The fourth-order valence-electron chi connectivity index (χ4n) is 1.55. The number of nitrogens with one attached hydrogen (secondary N) is 1. The Labute approximate surface area is 98.0 Å². The number of nitro groups is 1. The van der Waals surface area contributed by atoms with Gasteiger partial charge < -0.3 is 5.32 Å². The Morgan fingerprint density at radius 2 is 2.24 bits per heavy atom. The summed E-state index contributed by atoms with van der Waals surface area (Å²) in [6, 6.07) is 6.68. The largest absolute Gasteiger partial charge is 0.378 e. The van der Waals surface area contributed by atoms with Crippen LogP contribution in [0.5, 0.6) is 0 Å². The summed E-state index contributed by atoms with van der Waals surface area (Å²) in [6.07, 6.45) is 3.49. The molecule has 0 spiro atoms. The number of nitro benzene ring substituents is 1. The van der Waals surface area contributed by atoms with E-state index in [0.717, 1.165) is 5.69 Å². The predicted octanol–water partition coefficient (Wildman–Crippen LogP) is 1.94. The lowest BCUT2D eigenvalue weighted by Gasteiger charge is -2.04. The lowest BCUT2D eigenvalue weighted by atomic mass is 10.2. The number of benzene rings is 1. The normalized spacial score (nSPS) is 10.2. The Bertz CT molecular complexity index is 536. The van der Waals surface area contributed by atoms with Crippen LogP contribution >= 0.6 is 0 Å². The van der Waals surface area contributed by atoms with E-state index in [1.54, 1.807) is 29.1 Å². The van der Waals surface area contributed by atoms with E-state index in [2.05, 4.69) is 10.4 Å². The predicted molar refractivity (Wildman–Crippen MR) is 63.6 cm³/mol. The maximum absolute atomic E-state index is 10.8. The van der Waals surface area contributed by atoms with E-state index in [1.807, 2.05) is 13.2 Å². The molecular formula is C11H12N4O2. The van der Waals surface area contributed by atoms with Gasteiger partial charge in [-0.3, -0.25) is 14.8 Å². The van der Waals surface area contributed by atoms with Crippen molar-refractivity contribution in [3.05, 3.63) is 52.3 Å². The summed E-state index contributed by atoms with van der Waals surface area (Å²) in [5.41, 5.74) is 1.62. The third kappa shape index (κ3) is 2.60. The number of nitrogens with zero attached hydrogens (tertiary/aromatic N) is 3. The Hall–Kier alpha value is -2.37. The summed E-state index contributed by atoms with van der Waals surface area (Å²) >= 11 is 0. The second-order valence-electron chi connectivity index (χ2n) is 3.64. The molecule has 2 rings (SSSR count). The van der Waals surface area contributed by atoms with Gasteiger partial charge in [0.15, 0.2) is 0 Å². The van der Waals surface area contributed by atoms with Gasteiger partial charge in [-0.1, -0.05) is 18.2 Å². The molecule has 1 aromatic heterocycles. The first-order valence-electron chi connectivity index (χ1n) is 5.11. The van der Waals surface area contributed by atoms with E-state index in [4.69, 9.17) is 0 Å². The first-order valence-corrected chi connectivity index (χ1v) is 5.11. The SMILES string of the molecule is Cn1cc(NCc2ccccc2[N+](=O)[O-])cn1. The van der Waals surface area contributed by atoms with Crippen LogP contribution in [0.1, 0.15) is 5.56 Å². The van der Waals surface area contributed by atoms with Crippen molar-refractivity contribution in [2.24, 2.45) is 7.05 Å². The fourth-order valence-corrected chi connectivity index (χ4v) is 1.55. The highest BCUT2D eigenvalue weighted by Crippen LogP contribution is 2.18. The molecular weight excluding hydrogens is 220 g/mol. The second-order valence-corrected chi connectivity index (χ2v) is 3.64. The van der Waals surface area contributed by atoms with Crippen LogP contribution in [-0.4, -0.2) is 14.7 Å². The molecule has 0 saturated heterocycles. The molecule has 1 N–H and O–H groups in total. The number of hydrogen-bond acceptors (Lipinski definition) is 4. The average Bonchev–Trinajstić information content (AvgIpc) is 2.73. The van der Waals surface area contributed by atoms with Crippen molar-refractivity contribution in [3.8, 4) is 0 Å². The van der Waals surface area contributed by atoms with Crippen molar-refractivity contribution in [2.75, 3.05) is 5.32 Å². The molecule has 17 heavy (non-hydrogen) atoms. The van der Waals surface area contributed by atoms with Gasteiger partial charge in [-0.05, 0) is 0 Å². The summed E-state index contributed by atoms with van der Waals surface area (Å²) < 4.78 is 1.67. The van der Waals surface area contributed by atoms with Gasteiger partial charge in [0.25, 0.3) is 5.69 Å². The van der Waals surface area contributed by atoms with Crippen molar-refractivity contribution in [1.82, 2.24) is 9.78 Å². The summed E-state index contributed by atoms with van der Waals surface area (Å²) in [4.78, 5) is 10.4. The number of anilines is 1. The summed E-state index contributed by atoms with van der Waals surface area (Å²) in [7, 11) is 1.82. The molecule has 0 aliphatic heterocycles. The minimum atomic E-state index is -0.375. The molecule has 0 amide bonds. The average molecular weight is 232 g/mol. The van der Waals surface area contributed by atoms with Gasteiger partial charge in [0.05, 0.1) is 16.8 Å². The van der Waals surface area contributed by atoms with Crippen LogP contribution in [0.15, 0.2) is 36.7 Å². The monoisotopic (exact) mass is 232 g/mol. The molecule has 0 atom stereocenters. The van der Waals surface area contributed by atoms with Crippen LogP contribution in [0.4, 0.5) is 11.4 Å². The van der Waals surface area contributed by atoms with Crippen LogP contribution in [0.2, 0.25) is 0 Å². The molecule has 1 heterocycles. The fraction of sp³-hybridized carbons (Fsp3) is 0.182. The second kappa shape index (κ2) is 4.65.